The van der Waals surface area contributed by atoms with Crippen LogP contribution < -0.4 is 10.1 Å². The van der Waals surface area contributed by atoms with Crippen molar-refractivity contribution < 1.29 is 13.7 Å². The number of carbonyl (C=O) groups is 1. The summed E-state index contributed by atoms with van der Waals surface area (Å²) in [6, 6.07) is 13.7. The maximum Gasteiger partial charge on any atom is 0.224 e. The van der Waals surface area contributed by atoms with Crippen LogP contribution in [0.1, 0.15) is 24.0 Å². The van der Waals surface area contributed by atoms with Crippen molar-refractivity contribution in [2.24, 2.45) is 0 Å². The first-order valence-corrected chi connectivity index (χ1v) is 11.0. The fraction of sp³-hybridized carbons (Fsp3) is 0.273. The summed E-state index contributed by atoms with van der Waals surface area (Å²) < 4.78 is 20.5. The van der Waals surface area contributed by atoms with Gasteiger partial charge < -0.3 is 10.1 Å². The number of imidazole rings is 1. The minimum absolute atomic E-state index is 0.0534. The molecule has 1 aromatic heterocycles. The highest BCUT2D eigenvalue weighted by molar-refractivity contribution is 7.84. The molecule has 1 amide bonds. The Bertz CT molecular complexity index is 1060. The first-order valence-electron chi connectivity index (χ1n) is 9.65. The van der Waals surface area contributed by atoms with Crippen LogP contribution in [0.2, 0.25) is 0 Å². The number of para-hydroxylation sites is 1. The zero-order valence-electron chi connectivity index (χ0n) is 16.3. The summed E-state index contributed by atoms with van der Waals surface area (Å²) in [5.74, 6) is 1.30. The van der Waals surface area contributed by atoms with Crippen LogP contribution >= 0.6 is 0 Å². The van der Waals surface area contributed by atoms with Gasteiger partial charge in [-0.05, 0) is 55.2 Å². The van der Waals surface area contributed by atoms with Crippen LogP contribution in [0.15, 0.2) is 60.0 Å². The van der Waals surface area contributed by atoms with Crippen LogP contribution in [0.4, 0.5) is 5.69 Å². The fourth-order valence-corrected chi connectivity index (χ4v) is 4.52. The van der Waals surface area contributed by atoms with Crippen LogP contribution in [-0.2, 0) is 22.0 Å². The summed E-state index contributed by atoms with van der Waals surface area (Å²) >= 11 is 0. The molecular formula is C22H23N3O3S. The lowest BCUT2D eigenvalue weighted by Crippen LogP contribution is -2.18. The first-order chi connectivity index (χ1) is 14.1. The zero-order valence-corrected chi connectivity index (χ0v) is 17.1. The molecule has 6 nitrogen and oxygen atoms in total. The van der Waals surface area contributed by atoms with Gasteiger partial charge in [-0.25, -0.2) is 4.98 Å². The number of hydrogen-bond acceptors (Lipinski definition) is 4. The standard InChI is InChI=1S/C22H23N3O3S/c1-16-5-2-3-6-20(16)25-12-11-23-22(25)29(27)14-4-13-28-18-8-9-19-17(15-18)7-10-21(26)24-19/h2-3,5-6,8-9,11-12,15H,4,7,10,13-14H2,1H3,(H,24,26)/t29-/m1/s1. The monoisotopic (exact) mass is 409 g/mol. The number of nitrogens with one attached hydrogen (secondary N) is 1. The van der Waals surface area contributed by atoms with Gasteiger partial charge in [0.1, 0.15) is 5.75 Å². The second kappa shape index (κ2) is 8.61. The first kappa shape index (κ1) is 19.4. The molecule has 1 aliphatic rings. The highest BCUT2D eigenvalue weighted by atomic mass is 32.2. The van der Waals surface area contributed by atoms with Crippen molar-refractivity contribution in [1.29, 1.82) is 0 Å². The highest BCUT2D eigenvalue weighted by Gasteiger charge is 2.16. The third-order valence-corrected chi connectivity index (χ3v) is 6.27. The van der Waals surface area contributed by atoms with Gasteiger partial charge in [0.15, 0.2) is 0 Å². The largest absolute Gasteiger partial charge is 0.494 e. The highest BCUT2D eigenvalue weighted by Crippen LogP contribution is 2.27. The lowest BCUT2D eigenvalue weighted by atomic mass is 10.0. The maximum absolute atomic E-state index is 12.8. The normalized spacial score (nSPS) is 14.2. The Hall–Kier alpha value is -2.93. The molecule has 7 heteroatoms. The van der Waals surface area contributed by atoms with E-state index in [0.29, 0.717) is 30.4 Å². The molecule has 0 radical (unpaired) electrons. The van der Waals surface area contributed by atoms with Crippen LogP contribution in [0, 0.1) is 6.92 Å². The Morgan fingerprint density at radius 1 is 1.21 bits per heavy atom. The van der Waals surface area contributed by atoms with Crippen molar-refractivity contribution in [2.45, 2.75) is 31.3 Å². The number of benzene rings is 2. The SMILES string of the molecule is Cc1ccccc1-n1ccnc1[S@](=O)CCCOc1ccc2c(c1)CCC(=O)N2. The smallest absolute Gasteiger partial charge is 0.224 e. The molecule has 0 spiro atoms. The lowest BCUT2D eigenvalue weighted by Gasteiger charge is -2.17. The van der Waals surface area contributed by atoms with Gasteiger partial charge >= 0.3 is 0 Å². The number of fused-ring (bicyclic) bond motifs is 1. The van der Waals surface area contributed by atoms with Gasteiger partial charge in [0.05, 0.1) is 23.1 Å². The van der Waals surface area contributed by atoms with Crippen molar-refractivity contribution in [3.63, 3.8) is 0 Å². The Morgan fingerprint density at radius 2 is 2.07 bits per heavy atom. The van der Waals surface area contributed by atoms with Gasteiger partial charge in [-0.2, -0.15) is 0 Å². The average molecular weight is 410 g/mol. The predicted molar refractivity (Wildman–Crippen MR) is 113 cm³/mol. The van der Waals surface area contributed by atoms with Gasteiger partial charge in [-0.15, -0.1) is 0 Å². The molecule has 1 aliphatic heterocycles. The van der Waals surface area contributed by atoms with E-state index in [4.69, 9.17) is 4.74 Å². The fourth-order valence-electron chi connectivity index (χ4n) is 3.40. The predicted octanol–water partition coefficient (Wildman–Crippen LogP) is 3.64. The number of hydrogen-bond donors (Lipinski definition) is 1. The third-order valence-electron chi connectivity index (χ3n) is 4.90. The van der Waals surface area contributed by atoms with Crippen LogP contribution in [-0.4, -0.2) is 32.0 Å². The van der Waals surface area contributed by atoms with E-state index in [-0.39, 0.29) is 5.91 Å². The van der Waals surface area contributed by atoms with E-state index in [1.54, 1.807) is 6.20 Å². The summed E-state index contributed by atoms with van der Waals surface area (Å²) in [7, 11) is -1.21. The van der Waals surface area contributed by atoms with E-state index in [1.165, 1.54) is 0 Å². The van der Waals surface area contributed by atoms with Gasteiger partial charge in [0.2, 0.25) is 11.1 Å². The Labute approximate surface area is 172 Å². The molecule has 1 N–H and O–H groups in total. The topological polar surface area (TPSA) is 73.2 Å². The second-order valence-corrected chi connectivity index (χ2v) is 8.45. The third kappa shape index (κ3) is 4.40. The van der Waals surface area contributed by atoms with Crippen molar-refractivity contribution >= 4 is 22.4 Å². The Balaban J connectivity index is 1.33. The Morgan fingerprint density at radius 3 is 2.93 bits per heavy atom. The average Bonchev–Trinajstić information content (AvgIpc) is 3.21. The van der Waals surface area contributed by atoms with E-state index in [9.17, 15) is 9.00 Å². The summed E-state index contributed by atoms with van der Waals surface area (Å²) in [4.78, 5) is 15.8. The number of aryl methyl sites for hydroxylation is 2. The van der Waals surface area contributed by atoms with Crippen molar-refractivity contribution in [2.75, 3.05) is 17.7 Å². The molecule has 0 unspecified atom stereocenters. The number of anilines is 1. The minimum Gasteiger partial charge on any atom is -0.494 e. The molecule has 3 aromatic rings. The number of nitrogens with zero attached hydrogens (tertiary/aromatic N) is 2. The molecular weight excluding hydrogens is 386 g/mol. The summed E-state index contributed by atoms with van der Waals surface area (Å²) in [6.07, 6.45) is 5.41. The quantitative estimate of drug-likeness (QED) is 0.605. The molecule has 0 fully saturated rings. The number of carbonyl (C=O) groups excluding carboxylic acids is 1. The number of aromatic nitrogens is 2. The van der Waals surface area contributed by atoms with E-state index < -0.39 is 10.8 Å². The van der Waals surface area contributed by atoms with Gasteiger partial charge in [0, 0.05) is 30.3 Å². The summed E-state index contributed by atoms with van der Waals surface area (Å²) in [5.41, 5.74) is 4.05. The van der Waals surface area contributed by atoms with Crippen LogP contribution in [0.3, 0.4) is 0 Å². The number of ether oxygens (including phenoxy) is 1. The molecule has 150 valence electrons. The second-order valence-electron chi connectivity index (χ2n) is 6.99. The van der Waals surface area contributed by atoms with Crippen molar-refractivity contribution in [3.05, 3.63) is 66.0 Å². The van der Waals surface area contributed by atoms with Gasteiger partial charge in [0.25, 0.3) is 0 Å². The molecule has 0 saturated carbocycles. The van der Waals surface area contributed by atoms with Crippen LogP contribution in [0.5, 0.6) is 5.75 Å². The number of amides is 1. The zero-order chi connectivity index (χ0) is 20.2. The summed E-state index contributed by atoms with van der Waals surface area (Å²) in [5, 5.41) is 3.42. The lowest BCUT2D eigenvalue weighted by molar-refractivity contribution is -0.116. The summed E-state index contributed by atoms with van der Waals surface area (Å²) in [6.45, 7) is 2.50. The molecule has 0 saturated heterocycles. The van der Waals surface area contributed by atoms with Crippen molar-refractivity contribution in [1.82, 2.24) is 9.55 Å². The van der Waals surface area contributed by atoms with E-state index in [0.717, 1.165) is 34.7 Å². The Kier molecular flexibility index (Phi) is 5.76. The number of rotatable bonds is 7. The molecule has 4 rings (SSSR count). The molecule has 2 aromatic carbocycles. The van der Waals surface area contributed by atoms with Crippen molar-refractivity contribution in [3.8, 4) is 11.4 Å². The van der Waals surface area contributed by atoms with E-state index >= 15 is 0 Å². The van der Waals surface area contributed by atoms with E-state index in [1.807, 2.05) is 60.2 Å². The molecule has 0 bridgehead atoms. The molecule has 29 heavy (non-hydrogen) atoms. The molecule has 0 aliphatic carbocycles. The maximum atomic E-state index is 12.8. The van der Waals surface area contributed by atoms with Gasteiger partial charge in [-0.3, -0.25) is 13.6 Å². The van der Waals surface area contributed by atoms with Gasteiger partial charge in [-0.1, -0.05) is 18.2 Å². The van der Waals surface area contributed by atoms with Crippen LogP contribution in [0.25, 0.3) is 5.69 Å². The molecule has 1 atom stereocenters. The molecule has 2 heterocycles. The van der Waals surface area contributed by atoms with E-state index in [2.05, 4.69) is 10.3 Å². The minimum atomic E-state index is -1.21.